The standard InChI is InChI=1S/C28H26N2O5S2/c1-12-4-7-14(8-5-12)30-26(31)21-15-11-16(22(21)27(30)32)23-20(15)19(24-25(36-23)29-28(33)37-24)13-6-9-17(34-2)18(10-13)35-3/h4-10,15-16,19-23H,11H2,1-3H3,(H,29,33)/t15-,16-,19-,20-,21-,22-,23+/m0/s1. The Labute approximate surface area is 222 Å². The number of hydrogen-bond acceptors (Lipinski definition) is 7. The molecule has 2 amide bonds. The number of aromatic amines is 1. The Bertz CT molecular complexity index is 1490. The zero-order chi connectivity index (χ0) is 25.6. The first-order chi connectivity index (χ1) is 17.9. The van der Waals surface area contributed by atoms with Crippen LogP contribution in [0, 0.1) is 36.5 Å². The van der Waals surface area contributed by atoms with Crippen molar-refractivity contribution in [3.63, 3.8) is 0 Å². The number of carbonyl (C=O) groups excluding carboxylic acids is 2. The minimum atomic E-state index is -0.319. The van der Waals surface area contributed by atoms with E-state index in [9.17, 15) is 14.4 Å². The molecule has 0 unspecified atom stereocenters. The Balaban J connectivity index is 1.32. The largest absolute Gasteiger partial charge is 0.493 e. The zero-order valence-corrected chi connectivity index (χ0v) is 22.2. The van der Waals surface area contributed by atoms with Crippen molar-refractivity contribution in [3.8, 4) is 11.5 Å². The molecule has 4 aliphatic rings. The van der Waals surface area contributed by atoms with Crippen LogP contribution in [-0.2, 0) is 9.59 Å². The fourth-order valence-electron chi connectivity index (χ4n) is 7.38. The minimum absolute atomic E-state index is 0.0581. The smallest absolute Gasteiger partial charge is 0.305 e. The SMILES string of the molecule is COc1ccc([C@@H]2c3sc(=O)[nH]c3S[C@@H]3[C@H]4C[C@H]([C@@H]5C(=O)N(c6ccc(C)cc6)C(=O)[C@@H]45)[C@@H]23)cc1OC. The molecule has 3 heterocycles. The van der Waals surface area contributed by atoms with Crippen LogP contribution in [0.3, 0.4) is 0 Å². The molecule has 2 aliphatic heterocycles. The quantitative estimate of drug-likeness (QED) is 0.498. The Kier molecular flexibility index (Phi) is 5.14. The number of thioether (sulfide) groups is 1. The molecule has 9 heteroatoms. The van der Waals surface area contributed by atoms with Crippen molar-refractivity contribution in [2.24, 2.45) is 29.6 Å². The third kappa shape index (κ3) is 3.16. The molecular weight excluding hydrogens is 508 g/mol. The van der Waals surface area contributed by atoms with Gasteiger partial charge in [-0.15, -0.1) is 11.8 Å². The molecule has 3 fully saturated rings. The lowest BCUT2D eigenvalue weighted by Gasteiger charge is -2.43. The molecule has 37 heavy (non-hydrogen) atoms. The van der Waals surface area contributed by atoms with Gasteiger partial charge in [-0.05, 0) is 60.9 Å². The number of carbonyl (C=O) groups is 2. The number of aromatic nitrogens is 1. The van der Waals surface area contributed by atoms with Gasteiger partial charge in [0.05, 0.1) is 36.8 Å². The number of rotatable bonds is 4. The van der Waals surface area contributed by atoms with E-state index in [2.05, 4.69) is 4.98 Å². The first kappa shape index (κ1) is 23.1. The maximum atomic E-state index is 13.8. The van der Waals surface area contributed by atoms with E-state index in [1.165, 1.54) is 16.2 Å². The molecule has 1 N–H and O–H groups in total. The Morgan fingerprint density at radius 1 is 0.919 bits per heavy atom. The molecule has 2 saturated carbocycles. The fraction of sp³-hybridized carbons (Fsp3) is 0.393. The average molecular weight is 535 g/mol. The number of ether oxygens (including phenoxy) is 2. The molecule has 1 saturated heterocycles. The third-order valence-electron chi connectivity index (χ3n) is 8.78. The second kappa shape index (κ2) is 8.23. The van der Waals surface area contributed by atoms with E-state index < -0.39 is 0 Å². The number of hydrogen-bond donors (Lipinski definition) is 1. The van der Waals surface area contributed by atoms with Gasteiger partial charge in [0.25, 0.3) is 0 Å². The third-order valence-corrected chi connectivity index (χ3v) is 11.4. The number of nitrogens with one attached hydrogen (secondary N) is 1. The van der Waals surface area contributed by atoms with Crippen LogP contribution in [0.25, 0.3) is 0 Å². The van der Waals surface area contributed by atoms with E-state index in [1.54, 1.807) is 26.0 Å². The van der Waals surface area contributed by atoms with Crippen molar-refractivity contribution in [1.82, 2.24) is 4.98 Å². The molecule has 2 aliphatic carbocycles. The summed E-state index contributed by atoms with van der Waals surface area (Å²) in [5, 5.41) is 1.05. The van der Waals surface area contributed by atoms with Gasteiger partial charge in [-0.3, -0.25) is 19.3 Å². The van der Waals surface area contributed by atoms with Gasteiger partial charge in [0.2, 0.25) is 11.8 Å². The van der Waals surface area contributed by atoms with Crippen LogP contribution < -0.4 is 19.2 Å². The number of H-pyrrole nitrogens is 1. The van der Waals surface area contributed by atoms with Gasteiger partial charge in [-0.1, -0.05) is 35.1 Å². The molecule has 7 nitrogen and oxygen atoms in total. The molecular formula is C28H26N2O5S2. The molecule has 7 atom stereocenters. The Morgan fingerprint density at radius 3 is 2.32 bits per heavy atom. The summed E-state index contributed by atoms with van der Waals surface area (Å²) < 4.78 is 11.1. The highest BCUT2D eigenvalue weighted by atomic mass is 32.2. The van der Waals surface area contributed by atoms with E-state index >= 15 is 0 Å². The van der Waals surface area contributed by atoms with Crippen LogP contribution in [0.15, 0.2) is 52.3 Å². The number of anilines is 1. The highest BCUT2D eigenvalue weighted by Gasteiger charge is 2.69. The number of benzene rings is 2. The normalized spacial score (nSPS) is 31.3. The van der Waals surface area contributed by atoms with Gasteiger partial charge in [-0.25, -0.2) is 0 Å². The van der Waals surface area contributed by atoms with Crippen molar-refractivity contribution in [2.45, 2.75) is 29.5 Å². The first-order valence-corrected chi connectivity index (χ1v) is 14.2. The summed E-state index contributed by atoms with van der Waals surface area (Å²) in [6.07, 6.45) is 0.861. The topological polar surface area (TPSA) is 88.7 Å². The van der Waals surface area contributed by atoms with Crippen molar-refractivity contribution in [2.75, 3.05) is 19.1 Å². The molecule has 190 valence electrons. The van der Waals surface area contributed by atoms with Crippen molar-refractivity contribution in [3.05, 3.63) is 68.1 Å². The Morgan fingerprint density at radius 2 is 1.62 bits per heavy atom. The van der Waals surface area contributed by atoms with Crippen LogP contribution in [0.4, 0.5) is 5.69 Å². The van der Waals surface area contributed by atoms with Gasteiger partial charge in [-0.2, -0.15) is 0 Å². The number of thiazole rings is 1. The lowest BCUT2D eigenvalue weighted by Crippen LogP contribution is -2.42. The first-order valence-electron chi connectivity index (χ1n) is 12.5. The molecule has 0 spiro atoms. The monoisotopic (exact) mass is 534 g/mol. The van der Waals surface area contributed by atoms with E-state index in [0.29, 0.717) is 17.2 Å². The number of fused-ring (bicyclic) bond motifs is 9. The van der Waals surface area contributed by atoms with Crippen LogP contribution in [0.1, 0.15) is 28.3 Å². The second-order valence-corrected chi connectivity index (χ2v) is 12.6. The number of aryl methyl sites for hydroxylation is 1. The summed E-state index contributed by atoms with van der Waals surface area (Å²) in [5.41, 5.74) is 2.79. The van der Waals surface area contributed by atoms with Crippen molar-refractivity contribution < 1.29 is 19.1 Å². The highest BCUT2D eigenvalue weighted by molar-refractivity contribution is 8.00. The van der Waals surface area contributed by atoms with Gasteiger partial charge >= 0.3 is 4.87 Å². The van der Waals surface area contributed by atoms with E-state index in [4.69, 9.17) is 9.47 Å². The van der Waals surface area contributed by atoms with Crippen LogP contribution in [0.2, 0.25) is 0 Å². The molecule has 2 bridgehead atoms. The van der Waals surface area contributed by atoms with E-state index in [-0.39, 0.29) is 57.4 Å². The number of nitrogens with zero attached hydrogens (tertiary/aromatic N) is 1. The second-order valence-electron chi connectivity index (χ2n) is 10.4. The number of methoxy groups -OCH3 is 2. The van der Waals surface area contributed by atoms with Gasteiger partial charge < -0.3 is 14.5 Å². The predicted molar refractivity (Wildman–Crippen MR) is 142 cm³/mol. The summed E-state index contributed by atoms with van der Waals surface area (Å²) in [4.78, 5) is 45.4. The van der Waals surface area contributed by atoms with Crippen LogP contribution in [-0.4, -0.2) is 36.3 Å². The van der Waals surface area contributed by atoms with Crippen molar-refractivity contribution >= 4 is 40.6 Å². The van der Waals surface area contributed by atoms with Crippen molar-refractivity contribution in [1.29, 1.82) is 0 Å². The average Bonchev–Trinajstić information content (AvgIpc) is 3.63. The van der Waals surface area contributed by atoms with Gasteiger partial charge in [0, 0.05) is 16.0 Å². The van der Waals surface area contributed by atoms with E-state index in [1.807, 2.05) is 49.4 Å². The summed E-state index contributed by atoms with van der Waals surface area (Å²) in [5.74, 6) is 0.767. The van der Waals surface area contributed by atoms with Gasteiger partial charge in [0.15, 0.2) is 11.5 Å². The molecule has 2 aromatic carbocycles. The maximum Gasteiger partial charge on any atom is 0.305 e. The van der Waals surface area contributed by atoms with E-state index in [0.717, 1.165) is 27.5 Å². The van der Waals surface area contributed by atoms with Crippen LogP contribution >= 0.6 is 23.1 Å². The molecule has 0 radical (unpaired) electrons. The highest BCUT2D eigenvalue weighted by Crippen LogP contribution is 2.68. The summed E-state index contributed by atoms with van der Waals surface area (Å²) in [6.45, 7) is 1.99. The van der Waals surface area contributed by atoms with Gasteiger partial charge in [0.1, 0.15) is 0 Å². The fourth-order valence-corrected chi connectivity index (χ4v) is 10.3. The predicted octanol–water partition coefficient (Wildman–Crippen LogP) is 4.44. The molecule has 1 aromatic heterocycles. The lowest BCUT2D eigenvalue weighted by atomic mass is 9.68. The summed E-state index contributed by atoms with van der Waals surface area (Å²) in [7, 11) is 3.23. The lowest BCUT2D eigenvalue weighted by molar-refractivity contribution is -0.123. The molecule has 3 aromatic rings. The summed E-state index contributed by atoms with van der Waals surface area (Å²) >= 11 is 2.95. The van der Waals surface area contributed by atoms with Crippen LogP contribution in [0.5, 0.6) is 11.5 Å². The maximum absolute atomic E-state index is 13.8. The number of amides is 2. The molecule has 7 rings (SSSR count). The number of imide groups is 1. The summed E-state index contributed by atoms with van der Waals surface area (Å²) in [6, 6.07) is 13.5. The zero-order valence-electron chi connectivity index (χ0n) is 20.6. The Hall–Kier alpha value is -3.04. The minimum Gasteiger partial charge on any atom is -0.493 e.